The molecule has 4 heteroatoms. The van der Waals surface area contributed by atoms with Crippen molar-refractivity contribution in [2.45, 2.75) is 18.9 Å². The Bertz CT molecular complexity index is 688. The van der Waals surface area contributed by atoms with Gasteiger partial charge in [0, 0.05) is 42.3 Å². The van der Waals surface area contributed by atoms with Gasteiger partial charge < -0.3 is 10.6 Å². The lowest BCUT2D eigenvalue weighted by Gasteiger charge is -2.17. The number of aromatic nitrogens is 1. The molecule has 2 aliphatic rings. The zero-order valence-corrected chi connectivity index (χ0v) is 11.2. The van der Waals surface area contributed by atoms with Crippen LogP contribution in [-0.4, -0.2) is 34.9 Å². The zero-order chi connectivity index (χ0) is 13.7. The first-order valence-corrected chi connectivity index (χ1v) is 7.07. The standard InChI is InChI=1S/C16H17N3O/c17-14-9-19(10-16(14)5-6-16)15(20)13-8-18-7-11-3-1-2-4-12(11)13/h1-4,7-8,14H,5-6,9-10,17H2/t14-/m0/s1. The summed E-state index contributed by atoms with van der Waals surface area (Å²) in [6.07, 6.45) is 5.79. The number of nitrogens with zero attached hydrogens (tertiary/aromatic N) is 2. The molecule has 1 aromatic heterocycles. The molecule has 102 valence electrons. The van der Waals surface area contributed by atoms with E-state index in [0.29, 0.717) is 12.1 Å². The number of amides is 1. The van der Waals surface area contributed by atoms with Gasteiger partial charge in [-0.2, -0.15) is 0 Å². The van der Waals surface area contributed by atoms with Crippen molar-refractivity contribution in [1.82, 2.24) is 9.88 Å². The van der Waals surface area contributed by atoms with E-state index in [4.69, 9.17) is 5.73 Å². The maximum atomic E-state index is 12.8. The molecule has 1 aromatic carbocycles. The second kappa shape index (κ2) is 4.03. The Morgan fingerprint density at radius 3 is 2.85 bits per heavy atom. The Labute approximate surface area is 117 Å². The van der Waals surface area contributed by atoms with E-state index in [1.807, 2.05) is 29.2 Å². The third-order valence-electron chi connectivity index (χ3n) is 4.79. The van der Waals surface area contributed by atoms with Crippen LogP contribution in [-0.2, 0) is 0 Å². The quantitative estimate of drug-likeness (QED) is 0.857. The third-order valence-corrected chi connectivity index (χ3v) is 4.79. The van der Waals surface area contributed by atoms with Crippen molar-refractivity contribution >= 4 is 16.7 Å². The number of nitrogens with two attached hydrogens (primary N) is 1. The molecule has 0 radical (unpaired) electrons. The number of likely N-dealkylation sites (tertiary alicyclic amines) is 1. The van der Waals surface area contributed by atoms with Crippen LogP contribution in [0.3, 0.4) is 0 Å². The van der Waals surface area contributed by atoms with Crippen LogP contribution in [0.2, 0.25) is 0 Å². The molecule has 1 atom stereocenters. The highest BCUT2D eigenvalue weighted by Crippen LogP contribution is 2.52. The van der Waals surface area contributed by atoms with E-state index in [2.05, 4.69) is 4.98 Å². The molecule has 2 N–H and O–H groups in total. The van der Waals surface area contributed by atoms with Gasteiger partial charge in [0.05, 0.1) is 5.56 Å². The number of carbonyl (C=O) groups excluding carboxylic acids is 1. The van der Waals surface area contributed by atoms with Crippen LogP contribution in [0.1, 0.15) is 23.2 Å². The van der Waals surface area contributed by atoms with E-state index in [1.165, 1.54) is 0 Å². The van der Waals surface area contributed by atoms with E-state index in [-0.39, 0.29) is 17.4 Å². The van der Waals surface area contributed by atoms with Crippen molar-refractivity contribution in [2.75, 3.05) is 13.1 Å². The van der Waals surface area contributed by atoms with Crippen LogP contribution >= 0.6 is 0 Å². The SMILES string of the molecule is N[C@H]1CN(C(=O)c2cncc3ccccc23)CC12CC2. The maximum Gasteiger partial charge on any atom is 0.256 e. The highest BCUT2D eigenvalue weighted by atomic mass is 16.2. The first kappa shape index (κ1) is 11.9. The van der Waals surface area contributed by atoms with Gasteiger partial charge in [0.15, 0.2) is 0 Å². The van der Waals surface area contributed by atoms with Crippen LogP contribution in [0.25, 0.3) is 10.8 Å². The molecule has 2 fully saturated rings. The molecule has 4 nitrogen and oxygen atoms in total. The summed E-state index contributed by atoms with van der Waals surface area (Å²) in [5, 5.41) is 1.97. The number of benzene rings is 1. The second-order valence-electron chi connectivity index (χ2n) is 6.06. The van der Waals surface area contributed by atoms with E-state index in [0.717, 1.165) is 30.2 Å². The minimum Gasteiger partial charge on any atom is -0.336 e. The summed E-state index contributed by atoms with van der Waals surface area (Å²) < 4.78 is 0. The van der Waals surface area contributed by atoms with Gasteiger partial charge >= 0.3 is 0 Å². The summed E-state index contributed by atoms with van der Waals surface area (Å²) in [5.41, 5.74) is 7.09. The summed E-state index contributed by atoms with van der Waals surface area (Å²) in [5.74, 6) is 0.0634. The molecule has 20 heavy (non-hydrogen) atoms. The second-order valence-corrected chi connectivity index (χ2v) is 6.06. The van der Waals surface area contributed by atoms with Crippen molar-refractivity contribution in [3.05, 3.63) is 42.2 Å². The Morgan fingerprint density at radius 1 is 1.30 bits per heavy atom. The molecule has 4 rings (SSSR count). The smallest absolute Gasteiger partial charge is 0.256 e. The average Bonchev–Trinajstić information content (AvgIpc) is 3.18. The summed E-state index contributed by atoms with van der Waals surface area (Å²) in [4.78, 5) is 18.9. The van der Waals surface area contributed by atoms with Gasteiger partial charge in [-0.05, 0) is 18.2 Å². The fraction of sp³-hybridized carbons (Fsp3) is 0.375. The molecule has 1 spiro atoms. The largest absolute Gasteiger partial charge is 0.336 e. The molecule has 1 aliphatic carbocycles. The zero-order valence-electron chi connectivity index (χ0n) is 11.2. The van der Waals surface area contributed by atoms with Gasteiger partial charge in [0.1, 0.15) is 0 Å². The third kappa shape index (κ3) is 1.64. The summed E-state index contributed by atoms with van der Waals surface area (Å²) >= 11 is 0. The summed E-state index contributed by atoms with van der Waals surface area (Å²) in [6, 6.07) is 8.01. The van der Waals surface area contributed by atoms with Crippen molar-refractivity contribution in [3.63, 3.8) is 0 Å². The lowest BCUT2D eigenvalue weighted by atomic mass is 10.0. The first-order chi connectivity index (χ1) is 9.70. The topological polar surface area (TPSA) is 59.2 Å². The van der Waals surface area contributed by atoms with Gasteiger partial charge in [-0.1, -0.05) is 24.3 Å². The van der Waals surface area contributed by atoms with Gasteiger partial charge in [-0.25, -0.2) is 0 Å². The van der Waals surface area contributed by atoms with Gasteiger partial charge in [-0.3, -0.25) is 9.78 Å². The van der Waals surface area contributed by atoms with E-state index < -0.39 is 0 Å². The predicted octanol–water partition coefficient (Wildman–Crippen LogP) is 1.80. The van der Waals surface area contributed by atoms with Crippen LogP contribution in [0, 0.1) is 5.41 Å². The lowest BCUT2D eigenvalue weighted by molar-refractivity contribution is 0.0786. The first-order valence-electron chi connectivity index (χ1n) is 7.07. The van der Waals surface area contributed by atoms with Crippen molar-refractivity contribution in [1.29, 1.82) is 0 Å². The molecule has 2 heterocycles. The Balaban J connectivity index is 1.71. The Morgan fingerprint density at radius 2 is 2.10 bits per heavy atom. The minimum atomic E-state index is 0.0634. The van der Waals surface area contributed by atoms with Crippen molar-refractivity contribution in [3.8, 4) is 0 Å². The molecule has 1 amide bonds. The molecular weight excluding hydrogens is 250 g/mol. The highest BCUT2D eigenvalue weighted by Gasteiger charge is 2.54. The summed E-state index contributed by atoms with van der Waals surface area (Å²) in [6.45, 7) is 1.47. The van der Waals surface area contributed by atoms with Crippen LogP contribution in [0.15, 0.2) is 36.7 Å². The fourth-order valence-corrected chi connectivity index (χ4v) is 3.29. The summed E-state index contributed by atoms with van der Waals surface area (Å²) in [7, 11) is 0. The number of hydrogen-bond donors (Lipinski definition) is 1. The Kier molecular flexibility index (Phi) is 2.39. The van der Waals surface area contributed by atoms with Gasteiger partial charge in [0.2, 0.25) is 0 Å². The fourth-order valence-electron chi connectivity index (χ4n) is 3.29. The van der Waals surface area contributed by atoms with E-state index in [1.54, 1.807) is 12.4 Å². The number of pyridine rings is 1. The molecule has 0 unspecified atom stereocenters. The minimum absolute atomic E-state index is 0.0634. The molecule has 1 saturated carbocycles. The average molecular weight is 267 g/mol. The molecular formula is C16H17N3O. The number of hydrogen-bond acceptors (Lipinski definition) is 3. The molecule has 1 aliphatic heterocycles. The predicted molar refractivity (Wildman–Crippen MR) is 77.3 cm³/mol. The van der Waals surface area contributed by atoms with Crippen molar-refractivity contribution in [2.24, 2.45) is 11.1 Å². The molecule has 2 aromatic rings. The molecule has 0 bridgehead atoms. The van der Waals surface area contributed by atoms with Crippen LogP contribution < -0.4 is 5.73 Å². The van der Waals surface area contributed by atoms with Gasteiger partial charge in [0.25, 0.3) is 5.91 Å². The normalized spacial score (nSPS) is 23.4. The van der Waals surface area contributed by atoms with Crippen LogP contribution in [0.5, 0.6) is 0 Å². The van der Waals surface area contributed by atoms with E-state index >= 15 is 0 Å². The maximum absolute atomic E-state index is 12.8. The van der Waals surface area contributed by atoms with Crippen LogP contribution in [0.4, 0.5) is 0 Å². The number of fused-ring (bicyclic) bond motifs is 1. The number of rotatable bonds is 1. The van der Waals surface area contributed by atoms with Gasteiger partial charge in [-0.15, -0.1) is 0 Å². The Hall–Kier alpha value is -1.94. The monoisotopic (exact) mass is 267 g/mol. The van der Waals surface area contributed by atoms with Crippen molar-refractivity contribution < 1.29 is 4.79 Å². The molecule has 1 saturated heterocycles. The highest BCUT2D eigenvalue weighted by molar-refractivity contribution is 6.06. The number of carbonyl (C=O) groups is 1. The lowest BCUT2D eigenvalue weighted by Crippen LogP contribution is -2.32. The van der Waals surface area contributed by atoms with E-state index in [9.17, 15) is 4.79 Å².